The number of para-hydroxylation sites is 1. The smallest absolute Gasteiger partial charge is 0.230 e. The molecule has 0 radical (unpaired) electrons. The van der Waals surface area contributed by atoms with Crippen molar-refractivity contribution in [3.05, 3.63) is 58.1 Å². The minimum absolute atomic E-state index is 0.126. The molecule has 2 aromatic carbocycles. The first-order chi connectivity index (χ1) is 14.0. The van der Waals surface area contributed by atoms with Crippen molar-refractivity contribution in [3.8, 4) is 17.1 Å². The van der Waals surface area contributed by atoms with Crippen molar-refractivity contribution >= 4 is 40.9 Å². The maximum Gasteiger partial charge on any atom is 0.230 e. The van der Waals surface area contributed by atoms with Crippen LogP contribution in [0.5, 0.6) is 5.75 Å². The van der Waals surface area contributed by atoms with Crippen LogP contribution < -0.4 is 15.9 Å². The van der Waals surface area contributed by atoms with Gasteiger partial charge in [-0.25, -0.2) is 4.68 Å². The van der Waals surface area contributed by atoms with Crippen molar-refractivity contribution in [2.75, 3.05) is 25.3 Å². The van der Waals surface area contributed by atoms with Crippen LogP contribution in [0.15, 0.2) is 47.6 Å². The van der Waals surface area contributed by atoms with Crippen LogP contribution in [0.3, 0.4) is 0 Å². The van der Waals surface area contributed by atoms with Crippen molar-refractivity contribution in [1.82, 2.24) is 20.2 Å². The number of methoxy groups -OCH3 is 1. The molecular weight excluding hydrogens is 433 g/mol. The van der Waals surface area contributed by atoms with E-state index in [0.717, 1.165) is 11.3 Å². The van der Waals surface area contributed by atoms with E-state index in [1.807, 2.05) is 24.3 Å². The van der Waals surface area contributed by atoms with Crippen LogP contribution in [0.4, 0.5) is 0 Å². The number of carbonyl (C=O) groups excluding carboxylic acids is 1. The average Bonchev–Trinajstić information content (AvgIpc) is 3.07. The predicted octanol–water partition coefficient (Wildman–Crippen LogP) is 3.43. The van der Waals surface area contributed by atoms with Crippen LogP contribution in [0.2, 0.25) is 10.0 Å². The molecule has 0 aliphatic heterocycles. The number of benzene rings is 2. The van der Waals surface area contributed by atoms with Crippen molar-refractivity contribution < 1.29 is 9.53 Å². The zero-order chi connectivity index (χ0) is 20.8. The Hall–Kier alpha value is -2.42. The molecule has 0 atom stereocenters. The van der Waals surface area contributed by atoms with Gasteiger partial charge in [0.25, 0.3) is 0 Å². The van der Waals surface area contributed by atoms with Gasteiger partial charge in [-0.15, -0.1) is 10.2 Å². The molecule has 10 heteroatoms. The molecule has 3 N–H and O–H groups in total. The molecule has 0 bridgehead atoms. The highest BCUT2D eigenvalue weighted by molar-refractivity contribution is 7.99. The van der Waals surface area contributed by atoms with Gasteiger partial charge in [-0.05, 0) is 36.2 Å². The summed E-state index contributed by atoms with van der Waals surface area (Å²) >= 11 is 13.3. The minimum Gasteiger partial charge on any atom is -0.496 e. The largest absolute Gasteiger partial charge is 0.496 e. The lowest BCUT2D eigenvalue weighted by Crippen LogP contribution is -2.27. The third-order valence-corrected chi connectivity index (χ3v) is 5.57. The summed E-state index contributed by atoms with van der Waals surface area (Å²) in [6.45, 7) is 0.501. The fourth-order valence-corrected chi connectivity index (χ4v) is 3.84. The van der Waals surface area contributed by atoms with E-state index in [2.05, 4.69) is 15.5 Å². The quantitative estimate of drug-likeness (QED) is 0.402. The topological polar surface area (TPSA) is 95.1 Å². The Labute approximate surface area is 182 Å². The number of ether oxygens (including phenoxy) is 1. The Morgan fingerprint density at radius 3 is 2.79 bits per heavy atom. The number of nitrogens with one attached hydrogen (secondary N) is 1. The highest BCUT2D eigenvalue weighted by Crippen LogP contribution is 2.30. The molecule has 1 amide bonds. The van der Waals surface area contributed by atoms with E-state index in [4.69, 9.17) is 33.8 Å². The first-order valence-electron chi connectivity index (χ1n) is 8.67. The average molecular weight is 452 g/mol. The van der Waals surface area contributed by atoms with E-state index in [9.17, 15) is 4.79 Å². The lowest BCUT2D eigenvalue weighted by molar-refractivity contribution is -0.118. The Balaban J connectivity index is 1.54. The normalized spacial score (nSPS) is 10.7. The van der Waals surface area contributed by atoms with Crippen molar-refractivity contribution in [2.45, 2.75) is 11.6 Å². The van der Waals surface area contributed by atoms with Gasteiger partial charge in [0.15, 0.2) is 5.82 Å². The number of nitrogens with two attached hydrogens (primary N) is 1. The summed E-state index contributed by atoms with van der Waals surface area (Å²) in [5.74, 6) is 7.31. The third kappa shape index (κ3) is 5.35. The van der Waals surface area contributed by atoms with Crippen LogP contribution in [-0.4, -0.2) is 40.2 Å². The summed E-state index contributed by atoms with van der Waals surface area (Å²) in [6.07, 6.45) is 0.673. The molecule has 152 valence electrons. The number of thioether (sulfide) groups is 1. The van der Waals surface area contributed by atoms with Gasteiger partial charge < -0.3 is 15.9 Å². The van der Waals surface area contributed by atoms with Crippen molar-refractivity contribution in [1.29, 1.82) is 0 Å². The van der Waals surface area contributed by atoms with E-state index >= 15 is 0 Å². The second-order valence-corrected chi connectivity index (χ2v) is 7.79. The fourth-order valence-electron chi connectivity index (χ4n) is 2.66. The molecule has 0 fully saturated rings. The van der Waals surface area contributed by atoms with Gasteiger partial charge in [0.1, 0.15) is 5.75 Å². The summed E-state index contributed by atoms with van der Waals surface area (Å²) in [4.78, 5) is 12.1. The molecule has 0 spiro atoms. The molecule has 3 aromatic rings. The van der Waals surface area contributed by atoms with Gasteiger partial charge in [0.2, 0.25) is 11.1 Å². The number of hydrogen-bond acceptors (Lipinski definition) is 6. The maximum absolute atomic E-state index is 12.1. The molecular formula is C19H19Cl2N5O2S. The molecule has 29 heavy (non-hydrogen) atoms. The van der Waals surface area contributed by atoms with Crippen LogP contribution in [0, 0.1) is 0 Å². The van der Waals surface area contributed by atoms with Gasteiger partial charge in [0.05, 0.1) is 17.9 Å². The lowest BCUT2D eigenvalue weighted by Gasteiger charge is -2.09. The van der Waals surface area contributed by atoms with Crippen LogP contribution >= 0.6 is 35.0 Å². The first kappa shape index (κ1) is 21.3. The zero-order valence-electron chi connectivity index (χ0n) is 15.6. The number of nitrogens with zero attached hydrogens (tertiary/aromatic N) is 3. The number of amides is 1. The lowest BCUT2D eigenvalue weighted by atomic mass is 10.1. The van der Waals surface area contributed by atoms with Crippen LogP contribution in [0.1, 0.15) is 5.56 Å². The number of carbonyl (C=O) groups is 1. The molecule has 0 aliphatic rings. The molecule has 7 nitrogen and oxygen atoms in total. The van der Waals surface area contributed by atoms with E-state index < -0.39 is 0 Å². The highest BCUT2D eigenvalue weighted by atomic mass is 35.5. The minimum atomic E-state index is -0.126. The SMILES string of the molecule is COc1ccccc1CCNC(=O)CSc1nnc(-c2ccc(Cl)cc2Cl)n1N. The van der Waals surface area contributed by atoms with Gasteiger partial charge in [0, 0.05) is 17.1 Å². The number of halogens is 2. The summed E-state index contributed by atoms with van der Waals surface area (Å²) in [5.41, 5.74) is 1.65. The third-order valence-electron chi connectivity index (χ3n) is 4.08. The van der Waals surface area contributed by atoms with Crippen molar-refractivity contribution in [2.24, 2.45) is 0 Å². The predicted molar refractivity (Wildman–Crippen MR) is 116 cm³/mol. The summed E-state index contributed by atoms with van der Waals surface area (Å²) in [7, 11) is 1.63. The van der Waals surface area contributed by atoms with Crippen molar-refractivity contribution in [3.63, 3.8) is 0 Å². The molecule has 0 saturated heterocycles. The Bertz CT molecular complexity index is 1010. The molecule has 1 aromatic heterocycles. The Morgan fingerprint density at radius 2 is 2.03 bits per heavy atom. The van der Waals surface area contributed by atoms with E-state index in [0.29, 0.717) is 39.6 Å². The van der Waals surface area contributed by atoms with E-state index in [1.165, 1.54) is 16.4 Å². The van der Waals surface area contributed by atoms with Gasteiger partial charge in [-0.3, -0.25) is 4.79 Å². The number of hydrogen-bond donors (Lipinski definition) is 2. The molecule has 0 aliphatic carbocycles. The van der Waals surface area contributed by atoms with Gasteiger partial charge in [-0.2, -0.15) is 0 Å². The summed E-state index contributed by atoms with van der Waals surface area (Å²) in [5, 5.41) is 12.3. The van der Waals surface area contributed by atoms with E-state index in [-0.39, 0.29) is 11.7 Å². The molecule has 3 rings (SSSR count). The van der Waals surface area contributed by atoms with Crippen LogP contribution in [-0.2, 0) is 11.2 Å². The number of nitrogen functional groups attached to an aromatic ring is 1. The Morgan fingerprint density at radius 1 is 1.24 bits per heavy atom. The van der Waals surface area contributed by atoms with Crippen LogP contribution in [0.25, 0.3) is 11.4 Å². The monoisotopic (exact) mass is 451 g/mol. The zero-order valence-corrected chi connectivity index (χ0v) is 17.9. The Kier molecular flexibility index (Phi) is 7.24. The van der Waals surface area contributed by atoms with Gasteiger partial charge >= 0.3 is 0 Å². The van der Waals surface area contributed by atoms with E-state index in [1.54, 1.807) is 25.3 Å². The van der Waals surface area contributed by atoms with Gasteiger partial charge in [-0.1, -0.05) is 53.2 Å². The fraction of sp³-hybridized carbons (Fsp3) is 0.211. The molecule has 0 unspecified atom stereocenters. The highest BCUT2D eigenvalue weighted by Gasteiger charge is 2.16. The molecule has 0 saturated carbocycles. The maximum atomic E-state index is 12.1. The molecule has 1 heterocycles. The number of rotatable bonds is 8. The summed E-state index contributed by atoms with van der Waals surface area (Å²) < 4.78 is 6.62. The summed E-state index contributed by atoms with van der Waals surface area (Å²) in [6, 6.07) is 12.7. The standard InChI is InChI=1S/C19H19Cl2N5O2S/c1-28-16-5-3-2-4-12(16)8-9-23-17(27)11-29-19-25-24-18(26(19)22)14-7-6-13(20)10-15(14)21/h2-7,10H,8-9,11,22H2,1H3,(H,23,27). The number of aromatic nitrogens is 3. The second-order valence-electron chi connectivity index (χ2n) is 6.00. The first-order valence-corrected chi connectivity index (χ1v) is 10.4. The second kappa shape index (κ2) is 9.87.